The molecule has 1 fully saturated rings. The fraction of sp³-hybridized carbons (Fsp3) is 0.889. The van der Waals surface area contributed by atoms with Crippen molar-refractivity contribution in [3.8, 4) is 0 Å². The minimum absolute atomic E-state index is 0.207. The van der Waals surface area contributed by atoms with Crippen molar-refractivity contribution < 1.29 is 9.18 Å². The van der Waals surface area contributed by atoms with Crippen molar-refractivity contribution >= 4 is 5.78 Å². The van der Waals surface area contributed by atoms with E-state index in [-0.39, 0.29) is 12.5 Å². The van der Waals surface area contributed by atoms with E-state index in [2.05, 4.69) is 9.80 Å². The monoisotopic (exact) mass is 188 g/mol. The van der Waals surface area contributed by atoms with Gasteiger partial charge in [0.1, 0.15) is 12.5 Å². The van der Waals surface area contributed by atoms with Gasteiger partial charge in [0.2, 0.25) is 0 Å². The molecular weight excluding hydrogens is 171 g/mol. The fourth-order valence-electron chi connectivity index (χ4n) is 1.61. The quantitative estimate of drug-likeness (QED) is 0.628. The van der Waals surface area contributed by atoms with Gasteiger partial charge >= 0.3 is 0 Å². The van der Waals surface area contributed by atoms with Crippen molar-refractivity contribution in [1.29, 1.82) is 0 Å². The number of alkyl halides is 1. The van der Waals surface area contributed by atoms with E-state index in [4.69, 9.17) is 0 Å². The second-order valence-electron chi connectivity index (χ2n) is 3.51. The molecule has 1 aliphatic rings. The first-order valence-corrected chi connectivity index (χ1v) is 4.72. The Kier molecular flexibility index (Phi) is 4.32. The number of hydrogen-bond donors (Lipinski definition) is 0. The number of carbonyl (C=O) groups excluding carboxylic acids is 1. The summed E-state index contributed by atoms with van der Waals surface area (Å²) in [4.78, 5) is 15.0. The molecule has 0 atom stereocenters. The average Bonchev–Trinajstić information content (AvgIpc) is 2.08. The second-order valence-corrected chi connectivity index (χ2v) is 3.51. The van der Waals surface area contributed by atoms with Crippen LogP contribution in [0.25, 0.3) is 0 Å². The second kappa shape index (κ2) is 5.29. The molecule has 0 saturated carbocycles. The molecule has 0 spiro atoms. The van der Waals surface area contributed by atoms with Gasteiger partial charge < -0.3 is 0 Å². The number of nitrogens with zero attached hydrogens (tertiary/aromatic N) is 2. The highest BCUT2D eigenvalue weighted by Gasteiger charge is 2.16. The lowest BCUT2D eigenvalue weighted by atomic mass is 10.3. The molecule has 4 heteroatoms. The van der Waals surface area contributed by atoms with Crippen LogP contribution in [-0.2, 0) is 4.79 Å². The first-order valence-electron chi connectivity index (χ1n) is 4.72. The predicted octanol–water partition coefficient (Wildman–Crippen LogP) is 0.162. The van der Waals surface area contributed by atoms with E-state index in [1.807, 2.05) is 0 Å². The fourth-order valence-corrected chi connectivity index (χ4v) is 1.61. The molecule has 3 nitrogen and oxygen atoms in total. The van der Waals surface area contributed by atoms with E-state index in [0.29, 0.717) is 13.1 Å². The number of halogens is 1. The van der Waals surface area contributed by atoms with Crippen LogP contribution in [0.2, 0.25) is 0 Å². The lowest BCUT2D eigenvalue weighted by Gasteiger charge is -2.33. The molecule has 0 radical (unpaired) electrons. The van der Waals surface area contributed by atoms with Crippen molar-refractivity contribution in [2.75, 3.05) is 45.9 Å². The Morgan fingerprint density at radius 2 is 1.77 bits per heavy atom. The molecule has 0 bridgehead atoms. The molecule has 0 amide bonds. The highest BCUT2D eigenvalue weighted by atomic mass is 19.1. The average molecular weight is 188 g/mol. The minimum Gasteiger partial charge on any atom is -0.299 e. The summed E-state index contributed by atoms with van der Waals surface area (Å²) in [7, 11) is 0. The maximum atomic E-state index is 12.0. The van der Waals surface area contributed by atoms with E-state index in [1.165, 1.54) is 0 Å². The van der Waals surface area contributed by atoms with Crippen molar-refractivity contribution in [3.63, 3.8) is 0 Å². The van der Waals surface area contributed by atoms with Crippen LogP contribution in [0.3, 0.4) is 0 Å². The van der Waals surface area contributed by atoms with Crippen molar-refractivity contribution in [1.82, 2.24) is 9.80 Å². The van der Waals surface area contributed by atoms with Gasteiger partial charge in [0.15, 0.2) is 0 Å². The van der Waals surface area contributed by atoms with Gasteiger partial charge in [-0.25, -0.2) is 4.39 Å². The molecule has 0 N–H and O–H groups in total. The molecule has 0 aromatic rings. The van der Waals surface area contributed by atoms with Crippen LogP contribution < -0.4 is 0 Å². The SMILES string of the molecule is CC(=O)CN1CCN(CCF)CC1. The van der Waals surface area contributed by atoms with E-state index >= 15 is 0 Å². The largest absolute Gasteiger partial charge is 0.299 e. The maximum absolute atomic E-state index is 12.0. The molecule has 1 rings (SSSR count). The summed E-state index contributed by atoms with van der Waals surface area (Å²) in [5, 5.41) is 0. The summed E-state index contributed by atoms with van der Waals surface area (Å²) in [6.45, 7) is 5.96. The van der Waals surface area contributed by atoms with Crippen LogP contribution in [0.4, 0.5) is 4.39 Å². The van der Waals surface area contributed by atoms with E-state index < -0.39 is 0 Å². The lowest BCUT2D eigenvalue weighted by molar-refractivity contribution is -0.118. The van der Waals surface area contributed by atoms with E-state index in [0.717, 1.165) is 26.2 Å². The van der Waals surface area contributed by atoms with Crippen molar-refractivity contribution in [3.05, 3.63) is 0 Å². The van der Waals surface area contributed by atoms with Crippen LogP contribution in [0.5, 0.6) is 0 Å². The highest BCUT2D eigenvalue weighted by molar-refractivity contribution is 5.77. The summed E-state index contributed by atoms with van der Waals surface area (Å²) in [6.07, 6.45) is 0. The van der Waals surface area contributed by atoms with E-state index in [1.54, 1.807) is 6.92 Å². The minimum atomic E-state index is -0.271. The number of hydrogen-bond acceptors (Lipinski definition) is 3. The molecule has 1 aliphatic heterocycles. The Balaban J connectivity index is 2.18. The summed E-state index contributed by atoms with van der Waals surface area (Å²) in [6, 6.07) is 0. The third-order valence-electron chi connectivity index (χ3n) is 2.31. The Labute approximate surface area is 78.5 Å². The molecule has 76 valence electrons. The molecule has 1 heterocycles. The van der Waals surface area contributed by atoms with Crippen molar-refractivity contribution in [2.45, 2.75) is 6.92 Å². The third-order valence-corrected chi connectivity index (χ3v) is 2.31. The molecule has 1 saturated heterocycles. The normalized spacial score (nSPS) is 20.5. The summed E-state index contributed by atoms with van der Waals surface area (Å²) < 4.78 is 12.0. The van der Waals surface area contributed by atoms with Crippen LogP contribution in [0.15, 0.2) is 0 Å². The summed E-state index contributed by atoms with van der Waals surface area (Å²) >= 11 is 0. The van der Waals surface area contributed by atoms with Crippen LogP contribution in [0, 0.1) is 0 Å². The Hall–Kier alpha value is -0.480. The van der Waals surface area contributed by atoms with Gasteiger partial charge in [-0.15, -0.1) is 0 Å². The Morgan fingerprint density at radius 1 is 1.23 bits per heavy atom. The topological polar surface area (TPSA) is 23.6 Å². The number of piperazine rings is 1. The molecule has 0 aromatic carbocycles. The van der Waals surface area contributed by atoms with Crippen LogP contribution in [-0.4, -0.2) is 61.5 Å². The van der Waals surface area contributed by atoms with Crippen LogP contribution >= 0.6 is 0 Å². The predicted molar refractivity (Wildman–Crippen MR) is 49.5 cm³/mol. The smallest absolute Gasteiger partial charge is 0.143 e. The Morgan fingerprint density at radius 3 is 2.23 bits per heavy atom. The van der Waals surface area contributed by atoms with Gasteiger partial charge in [-0.3, -0.25) is 14.6 Å². The number of rotatable bonds is 4. The van der Waals surface area contributed by atoms with Gasteiger partial charge in [-0.1, -0.05) is 0 Å². The molecular formula is C9H17FN2O. The zero-order valence-electron chi connectivity index (χ0n) is 8.13. The van der Waals surface area contributed by atoms with Gasteiger partial charge in [0.25, 0.3) is 0 Å². The lowest BCUT2D eigenvalue weighted by Crippen LogP contribution is -2.48. The first-order chi connectivity index (χ1) is 6.22. The van der Waals surface area contributed by atoms with Gasteiger partial charge in [-0.2, -0.15) is 0 Å². The Bertz CT molecular complexity index is 167. The highest BCUT2D eigenvalue weighted by Crippen LogP contribution is 2.00. The number of ketones is 1. The summed E-state index contributed by atoms with van der Waals surface area (Å²) in [5.74, 6) is 0.207. The molecule has 13 heavy (non-hydrogen) atoms. The van der Waals surface area contributed by atoms with Gasteiger partial charge in [0.05, 0.1) is 6.54 Å². The third kappa shape index (κ3) is 3.83. The summed E-state index contributed by atoms with van der Waals surface area (Å²) in [5.41, 5.74) is 0. The maximum Gasteiger partial charge on any atom is 0.143 e. The molecule has 0 aromatic heterocycles. The number of Topliss-reactive ketones (excluding diaryl/α,β-unsaturated/α-hetero) is 1. The van der Waals surface area contributed by atoms with Gasteiger partial charge in [0, 0.05) is 32.7 Å². The first kappa shape index (κ1) is 10.6. The van der Waals surface area contributed by atoms with Gasteiger partial charge in [-0.05, 0) is 6.92 Å². The van der Waals surface area contributed by atoms with Crippen molar-refractivity contribution in [2.24, 2.45) is 0 Å². The van der Waals surface area contributed by atoms with E-state index in [9.17, 15) is 9.18 Å². The standard InChI is InChI=1S/C9H17FN2O/c1-9(13)8-12-6-4-11(3-2-10)5-7-12/h2-8H2,1H3. The molecule has 0 aliphatic carbocycles. The van der Waals surface area contributed by atoms with Crippen LogP contribution in [0.1, 0.15) is 6.92 Å². The molecule has 0 unspecified atom stereocenters. The zero-order chi connectivity index (χ0) is 9.68. The number of carbonyl (C=O) groups is 1. The zero-order valence-corrected chi connectivity index (χ0v) is 8.13.